The smallest absolute Gasteiger partial charge is 0.0339 e. The summed E-state index contributed by atoms with van der Waals surface area (Å²) < 4.78 is 0. The molecule has 1 aliphatic rings. The molecule has 1 rings (SSSR count). The first-order valence-corrected chi connectivity index (χ1v) is 4.83. The minimum Gasteiger partial charge on any atom is -0.318 e. The molecule has 1 saturated heterocycles. The van der Waals surface area contributed by atoms with Crippen LogP contribution in [0.25, 0.3) is 0 Å². The average molecular weight is 189 g/mol. The summed E-state index contributed by atoms with van der Waals surface area (Å²) in [4.78, 5) is 2.39. The van der Waals surface area contributed by atoms with Crippen LogP contribution in [0.2, 0.25) is 0 Å². The van der Waals surface area contributed by atoms with Gasteiger partial charge in [0.05, 0.1) is 0 Å². The highest BCUT2D eigenvalue weighted by Crippen LogP contribution is 2.18. The molecule has 1 aliphatic heterocycles. The predicted octanol–water partition coefficient (Wildman–Crippen LogP) is 1.42. The fraction of sp³-hybridized carbons (Fsp3) is 0.778. The van der Waals surface area contributed by atoms with Crippen molar-refractivity contribution in [3.63, 3.8) is 0 Å². The molecule has 1 unspecified atom stereocenters. The Hall–Kier alpha value is -0.0500. The predicted molar refractivity (Wildman–Crippen MR) is 53.5 cm³/mol. The molecule has 0 aromatic heterocycles. The first kappa shape index (κ1) is 10.0. The van der Waals surface area contributed by atoms with E-state index in [1.54, 1.807) is 0 Å². The monoisotopic (exact) mass is 188 g/mol. The van der Waals surface area contributed by atoms with Gasteiger partial charge in [0.15, 0.2) is 0 Å². The molecule has 1 fully saturated rings. The number of nitrogens with zero attached hydrogens (tertiary/aromatic N) is 1. The molecule has 0 bridgehead atoms. The summed E-state index contributed by atoms with van der Waals surface area (Å²) in [6, 6.07) is 0.658. The van der Waals surface area contributed by atoms with Gasteiger partial charge in [0.1, 0.15) is 0 Å². The molecule has 0 spiro atoms. The Kier molecular flexibility index (Phi) is 4.06. The highest BCUT2D eigenvalue weighted by molar-refractivity contribution is 6.29. The van der Waals surface area contributed by atoms with Gasteiger partial charge >= 0.3 is 0 Å². The van der Waals surface area contributed by atoms with Crippen LogP contribution in [-0.2, 0) is 0 Å². The van der Waals surface area contributed by atoms with Crippen molar-refractivity contribution in [2.45, 2.75) is 18.9 Å². The van der Waals surface area contributed by atoms with Crippen molar-refractivity contribution in [3.8, 4) is 0 Å². The number of likely N-dealkylation sites (N-methyl/N-ethyl adjacent to an activating group) is 1. The molecule has 0 saturated carbocycles. The lowest BCUT2D eigenvalue weighted by molar-refractivity contribution is 0.275. The summed E-state index contributed by atoms with van der Waals surface area (Å²) in [5.41, 5.74) is 0. The quantitative estimate of drug-likeness (QED) is 0.718. The fourth-order valence-electron chi connectivity index (χ4n) is 1.79. The summed E-state index contributed by atoms with van der Waals surface area (Å²) >= 11 is 5.77. The van der Waals surface area contributed by atoms with E-state index in [1.165, 1.54) is 12.8 Å². The zero-order chi connectivity index (χ0) is 8.97. The van der Waals surface area contributed by atoms with Gasteiger partial charge in [0.25, 0.3) is 0 Å². The third-order valence-corrected chi connectivity index (χ3v) is 2.43. The molecule has 1 heterocycles. The molecule has 12 heavy (non-hydrogen) atoms. The topological polar surface area (TPSA) is 15.3 Å². The van der Waals surface area contributed by atoms with Crippen LogP contribution in [0.4, 0.5) is 0 Å². The van der Waals surface area contributed by atoms with Crippen molar-refractivity contribution in [2.75, 3.05) is 26.7 Å². The Morgan fingerprint density at radius 1 is 1.75 bits per heavy atom. The zero-order valence-electron chi connectivity index (χ0n) is 7.65. The van der Waals surface area contributed by atoms with E-state index in [0.717, 1.165) is 24.7 Å². The maximum absolute atomic E-state index is 5.77. The van der Waals surface area contributed by atoms with Gasteiger partial charge < -0.3 is 5.32 Å². The molecule has 0 aromatic carbocycles. The molecule has 70 valence electrons. The molecular weight excluding hydrogens is 172 g/mol. The lowest BCUT2D eigenvalue weighted by atomic mass is 10.2. The standard InChI is InChI=1S/C9H17ClN2/c1-8(10)7-12-5-3-4-9(12)6-11-2/h9,11H,1,3-7H2,2H3. The van der Waals surface area contributed by atoms with E-state index >= 15 is 0 Å². The minimum absolute atomic E-state index is 0.658. The highest BCUT2D eigenvalue weighted by Gasteiger charge is 2.23. The van der Waals surface area contributed by atoms with Gasteiger partial charge in [-0.15, -0.1) is 0 Å². The average Bonchev–Trinajstić information content (AvgIpc) is 2.37. The Labute approximate surface area is 79.6 Å². The van der Waals surface area contributed by atoms with Crippen LogP contribution in [0.1, 0.15) is 12.8 Å². The van der Waals surface area contributed by atoms with Crippen LogP contribution < -0.4 is 5.32 Å². The number of hydrogen-bond donors (Lipinski definition) is 1. The van der Waals surface area contributed by atoms with E-state index < -0.39 is 0 Å². The van der Waals surface area contributed by atoms with E-state index in [1.807, 2.05) is 7.05 Å². The zero-order valence-corrected chi connectivity index (χ0v) is 8.40. The van der Waals surface area contributed by atoms with Gasteiger partial charge in [-0.2, -0.15) is 0 Å². The second-order valence-corrected chi connectivity index (χ2v) is 3.88. The van der Waals surface area contributed by atoms with Gasteiger partial charge in [-0.05, 0) is 26.4 Å². The SMILES string of the molecule is C=C(Cl)CN1CCCC1CNC. The number of hydrogen-bond acceptors (Lipinski definition) is 2. The number of likely N-dealkylation sites (tertiary alicyclic amines) is 1. The fourth-order valence-corrected chi connectivity index (χ4v) is 1.94. The largest absolute Gasteiger partial charge is 0.318 e. The lowest BCUT2D eigenvalue weighted by Gasteiger charge is -2.23. The van der Waals surface area contributed by atoms with E-state index in [9.17, 15) is 0 Å². The first-order chi connectivity index (χ1) is 5.74. The minimum atomic E-state index is 0.658. The number of halogens is 1. The van der Waals surface area contributed by atoms with Gasteiger partial charge in [0, 0.05) is 24.2 Å². The lowest BCUT2D eigenvalue weighted by Crippen LogP contribution is -2.37. The molecule has 3 heteroatoms. The highest BCUT2D eigenvalue weighted by atomic mass is 35.5. The molecule has 0 aliphatic carbocycles. The van der Waals surface area contributed by atoms with Gasteiger partial charge in [0.2, 0.25) is 0 Å². The number of nitrogens with one attached hydrogen (secondary N) is 1. The molecule has 1 N–H and O–H groups in total. The van der Waals surface area contributed by atoms with Crippen LogP contribution >= 0.6 is 11.6 Å². The van der Waals surface area contributed by atoms with Crippen LogP contribution in [0.3, 0.4) is 0 Å². The van der Waals surface area contributed by atoms with Gasteiger partial charge in [-0.1, -0.05) is 18.2 Å². The van der Waals surface area contributed by atoms with Gasteiger partial charge in [-0.3, -0.25) is 4.90 Å². The number of rotatable bonds is 4. The Morgan fingerprint density at radius 2 is 2.50 bits per heavy atom. The summed E-state index contributed by atoms with van der Waals surface area (Å²) in [6.07, 6.45) is 2.57. The van der Waals surface area contributed by atoms with Crippen molar-refractivity contribution in [1.82, 2.24) is 10.2 Å². The molecule has 0 radical (unpaired) electrons. The summed E-state index contributed by atoms with van der Waals surface area (Å²) in [5, 5.41) is 3.95. The van der Waals surface area contributed by atoms with E-state index in [-0.39, 0.29) is 0 Å². The maximum Gasteiger partial charge on any atom is 0.0339 e. The van der Waals surface area contributed by atoms with Crippen LogP contribution in [0, 0.1) is 0 Å². The van der Waals surface area contributed by atoms with Crippen LogP contribution in [0.5, 0.6) is 0 Å². The van der Waals surface area contributed by atoms with Gasteiger partial charge in [-0.25, -0.2) is 0 Å². The Morgan fingerprint density at radius 3 is 3.08 bits per heavy atom. The van der Waals surface area contributed by atoms with Crippen molar-refractivity contribution in [3.05, 3.63) is 11.6 Å². The summed E-state index contributed by atoms with van der Waals surface area (Å²) in [6.45, 7) is 6.78. The van der Waals surface area contributed by atoms with E-state index in [0.29, 0.717) is 6.04 Å². The van der Waals surface area contributed by atoms with Crippen molar-refractivity contribution in [2.24, 2.45) is 0 Å². The normalized spacial score (nSPS) is 24.7. The van der Waals surface area contributed by atoms with E-state index in [2.05, 4.69) is 16.8 Å². The second kappa shape index (κ2) is 4.85. The van der Waals surface area contributed by atoms with Crippen molar-refractivity contribution in [1.29, 1.82) is 0 Å². The molecule has 0 amide bonds. The molecular formula is C9H17ClN2. The first-order valence-electron chi connectivity index (χ1n) is 4.46. The Bertz CT molecular complexity index is 159. The second-order valence-electron chi connectivity index (χ2n) is 3.34. The third kappa shape index (κ3) is 2.77. The summed E-state index contributed by atoms with van der Waals surface area (Å²) in [7, 11) is 1.99. The molecule has 2 nitrogen and oxygen atoms in total. The van der Waals surface area contributed by atoms with E-state index in [4.69, 9.17) is 11.6 Å². The maximum atomic E-state index is 5.77. The van der Waals surface area contributed by atoms with Crippen molar-refractivity contribution < 1.29 is 0 Å². The molecule has 0 aromatic rings. The summed E-state index contributed by atoms with van der Waals surface area (Å²) in [5.74, 6) is 0. The van der Waals surface area contributed by atoms with Crippen LogP contribution in [0.15, 0.2) is 11.6 Å². The van der Waals surface area contributed by atoms with Crippen LogP contribution in [-0.4, -0.2) is 37.6 Å². The third-order valence-electron chi connectivity index (χ3n) is 2.31. The van der Waals surface area contributed by atoms with Crippen molar-refractivity contribution >= 4 is 11.6 Å². The molecule has 1 atom stereocenters. The Balaban J connectivity index is 2.35.